The van der Waals surface area contributed by atoms with Crippen LogP contribution in [0.2, 0.25) is 0 Å². The number of hydrogen-bond donors (Lipinski definition) is 2. The first-order valence-electron chi connectivity index (χ1n) is 13.0. The zero-order valence-electron chi connectivity index (χ0n) is 21.7. The maximum Gasteiger partial charge on any atom is 0.416 e. The number of aromatic amines is 1. The Morgan fingerprint density at radius 2 is 1.72 bits per heavy atom. The van der Waals surface area contributed by atoms with Crippen molar-refractivity contribution in [1.82, 2.24) is 9.88 Å². The molecule has 204 valence electrons. The van der Waals surface area contributed by atoms with Crippen molar-refractivity contribution < 1.29 is 22.5 Å². The Hall–Kier alpha value is -3.50. The Balaban J connectivity index is 1.35. The molecule has 5 rings (SSSR count). The molecule has 0 saturated carbocycles. The molecule has 0 unspecified atom stereocenters. The number of amides is 1. The van der Waals surface area contributed by atoms with Crippen LogP contribution in [0.1, 0.15) is 18.1 Å². The number of fused-ring (bicyclic) bond motifs is 1. The molecule has 39 heavy (non-hydrogen) atoms. The Labute approximate surface area is 229 Å². The number of rotatable bonds is 8. The van der Waals surface area contributed by atoms with Crippen LogP contribution in [-0.4, -0.2) is 54.3 Å². The molecule has 1 aliphatic heterocycles. The number of benzene rings is 3. The van der Waals surface area contributed by atoms with Gasteiger partial charge in [-0.25, -0.2) is 9.55 Å². The first kappa shape index (κ1) is 27.1. The fourth-order valence-corrected chi connectivity index (χ4v) is 5.70. The van der Waals surface area contributed by atoms with Crippen molar-refractivity contribution in [2.45, 2.75) is 24.8 Å². The quantitative estimate of drug-likeness (QED) is 0.226. The summed E-state index contributed by atoms with van der Waals surface area (Å²) in [5, 5.41) is 3.58. The number of piperazine rings is 1. The Morgan fingerprint density at radius 1 is 1.00 bits per heavy atom. The largest absolute Gasteiger partial charge is 0.416 e. The van der Waals surface area contributed by atoms with E-state index in [1.165, 1.54) is 17.8 Å². The number of likely N-dealkylation sites (N-methyl/N-ethyl adjacent to an activating group) is 1. The molecular weight excluding hydrogens is 523 g/mol. The molecule has 0 aliphatic carbocycles. The minimum Gasteiger partial charge on any atom is -0.367 e. The number of imidazole rings is 1. The van der Waals surface area contributed by atoms with E-state index in [1.807, 2.05) is 59.5 Å². The summed E-state index contributed by atoms with van der Waals surface area (Å²) in [4.78, 5) is 20.8. The monoisotopic (exact) mass is 554 g/mol. The highest BCUT2D eigenvalue weighted by Gasteiger charge is 2.32. The second kappa shape index (κ2) is 11.7. The standard InChI is InChI=1S/C29H30F3N5OS/c1-2-35-14-16-36(17-15-35)25-13-12-22(29(30,31)32)18-24(25)33-27(38)20-39-28-34-23-10-6-7-11-26(23)37(28)19-21-8-4-3-5-9-21/h3-13,18H,2,14-17,19-20H2,1H3,(H,33,38)/p+1. The van der Waals surface area contributed by atoms with E-state index < -0.39 is 11.7 Å². The third kappa shape index (κ3) is 6.39. The summed E-state index contributed by atoms with van der Waals surface area (Å²) >= 11 is 1.33. The number of aromatic nitrogens is 2. The van der Waals surface area contributed by atoms with E-state index in [4.69, 9.17) is 0 Å². The lowest BCUT2D eigenvalue weighted by Crippen LogP contribution is -2.46. The van der Waals surface area contributed by atoms with E-state index >= 15 is 0 Å². The normalized spacial score (nSPS) is 14.6. The van der Waals surface area contributed by atoms with Gasteiger partial charge in [0.15, 0.2) is 11.0 Å². The van der Waals surface area contributed by atoms with Crippen LogP contribution in [0.25, 0.3) is 11.0 Å². The summed E-state index contributed by atoms with van der Waals surface area (Å²) < 4.78 is 42.7. The summed E-state index contributed by atoms with van der Waals surface area (Å²) in [5.41, 5.74) is 3.10. The van der Waals surface area contributed by atoms with E-state index in [0.717, 1.165) is 53.5 Å². The van der Waals surface area contributed by atoms with Crippen molar-refractivity contribution in [2.75, 3.05) is 48.7 Å². The number of hydrogen-bond acceptors (Lipinski definition) is 4. The van der Waals surface area contributed by atoms with Gasteiger partial charge in [0.25, 0.3) is 0 Å². The Bertz CT molecular complexity index is 1430. The number of para-hydroxylation sites is 2. The Kier molecular flexibility index (Phi) is 8.13. The van der Waals surface area contributed by atoms with Crippen LogP contribution < -0.4 is 14.8 Å². The van der Waals surface area contributed by atoms with Crippen molar-refractivity contribution in [3.8, 4) is 0 Å². The van der Waals surface area contributed by atoms with Gasteiger partial charge in [-0.15, -0.1) is 0 Å². The van der Waals surface area contributed by atoms with Gasteiger partial charge in [0.2, 0.25) is 5.91 Å². The first-order chi connectivity index (χ1) is 18.8. The van der Waals surface area contributed by atoms with Crippen LogP contribution in [-0.2, 0) is 17.5 Å². The molecule has 10 heteroatoms. The van der Waals surface area contributed by atoms with Crippen molar-refractivity contribution in [2.24, 2.45) is 0 Å². The van der Waals surface area contributed by atoms with Gasteiger partial charge in [0.1, 0.15) is 6.54 Å². The lowest BCUT2D eigenvalue weighted by atomic mass is 10.1. The van der Waals surface area contributed by atoms with E-state index in [0.29, 0.717) is 25.3 Å². The summed E-state index contributed by atoms with van der Waals surface area (Å²) in [7, 11) is 0. The number of anilines is 2. The summed E-state index contributed by atoms with van der Waals surface area (Å²) in [6, 6.07) is 21.5. The van der Waals surface area contributed by atoms with Gasteiger partial charge >= 0.3 is 11.3 Å². The molecule has 1 fully saturated rings. The first-order valence-corrected chi connectivity index (χ1v) is 14.0. The number of alkyl halides is 3. The summed E-state index contributed by atoms with van der Waals surface area (Å²) in [5.74, 6) is -0.321. The minimum absolute atomic E-state index is 0.0426. The second-order valence-electron chi connectivity index (χ2n) is 9.51. The molecule has 3 aromatic carbocycles. The topological polar surface area (TPSA) is 55.2 Å². The van der Waals surface area contributed by atoms with Crippen LogP contribution in [0.15, 0.2) is 78.0 Å². The molecule has 1 aliphatic rings. The predicted octanol–water partition coefficient (Wildman–Crippen LogP) is 5.40. The van der Waals surface area contributed by atoms with Crippen LogP contribution in [0.3, 0.4) is 0 Å². The van der Waals surface area contributed by atoms with E-state index in [2.05, 4.69) is 26.7 Å². The predicted molar refractivity (Wildman–Crippen MR) is 149 cm³/mol. The molecule has 6 nitrogen and oxygen atoms in total. The zero-order valence-corrected chi connectivity index (χ0v) is 22.5. The molecule has 1 amide bonds. The highest BCUT2D eigenvalue weighted by Crippen LogP contribution is 2.36. The van der Waals surface area contributed by atoms with Crippen LogP contribution >= 0.6 is 11.8 Å². The molecule has 0 bridgehead atoms. The smallest absolute Gasteiger partial charge is 0.367 e. The maximum absolute atomic E-state index is 13.5. The average Bonchev–Trinajstić information content (AvgIpc) is 3.29. The molecule has 0 atom stereocenters. The summed E-state index contributed by atoms with van der Waals surface area (Å²) in [6.45, 7) is 6.66. The van der Waals surface area contributed by atoms with Crippen molar-refractivity contribution in [1.29, 1.82) is 0 Å². The van der Waals surface area contributed by atoms with Crippen LogP contribution in [0.5, 0.6) is 0 Å². The summed E-state index contributed by atoms with van der Waals surface area (Å²) in [6.07, 6.45) is -4.50. The number of H-pyrrole nitrogens is 1. The number of carbonyl (C=O) groups is 1. The number of carbonyl (C=O) groups excluding carboxylic acids is 1. The molecule has 1 saturated heterocycles. The zero-order chi connectivity index (χ0) is 27.4. The third-order valence-corrected chi connectivity index (χ3v) is 7.97. The molecule has 2 heterocycles. The van der Waals surface area contributed by atoms with Gasteiger partial charge in [0, 0.05) is 26.2 Å². The van der Waals surface area contributed by atoms with Gasteiger partial charge in [-0.05, 0) is 54.2 Å². The lowest BCUT2D eigenvalue weighted by Gasteiger charge is -2.36. The lowest BCUT2D eigenvalue weighted by molar-refractivity contribution is -0.700. The van der Waals surface area contributed by atoms with Gasteiger partial charge in [-0.3, -0.25) is 4.79 Å². The molecule has 4 aromatic rings. The Morgan fingerprint density at radius 3 is 2.44 bits per heavy atom. The van der Waals surface area contributed by atoms with Gasteiger partial charge in [-0.1, -0.05) is 49.4 Å². The van der Waals surface area contributed by atoms with E-state index in [9.17, 15) is 18.0 Å². The third-order valence-electron chi connectivity index (χ3n) is 6.96. The molecule has 0 spiro atoms. The van der Waals surface area contributed by atoms with Crippen LogP contribution in [0, 0.1) is 0 Å². The van der Waals surface area contributed by atoms with Crippen molar-refractivity contribution in [3.05, 3.63) is 83.9 Å². The number of nitrogens with zero attached hydrogens (tertiary/aromatic N) is 3. The number of nitrogens with one attached hydrogen (secondary N) is 2. The molecule has 2 N–H and O–H groups in total. The molecular formula is C29H31F3N5OS+. The molecule has 1 aromatic heterocycles. The van der Waals surface area contributed by atoms with E-state index in [1.54, 1.807) is 0 Å². The highest BCUT2D eigenvalue weighted by atomic mass is 32.2. The van der Waals surface area contributed by atoms with Crippen molar-refractivity contribution in [3.63, 3.8) is 0 Å². The van der Waals surface area contributed by atoms with Gasteiger partial charge < -0.3 is 15.1 Å². The highest BCUT2D eigenvalue weighted by molar-refractivity contribution is 7.99. The van der Waals surface area contributed by atoms with Crippen molar-refractivity contribution >= 4 is 40.1 Å². The second-order valence-corrected chi connectivity index (χ2v) is 10.5. The van der Waals surface area contributed by atoms with Gasteiger partial charge in [0.05, 0.1) is 22.7 Å². The SMILES string of the molecule is CCN1CCN(c2ccc(C(F)(F)F)cc2NC(=O)CSc2[nH]c3ccccc3[n+]2Cc2ccccc2)CC1. The fourth-order valence-electron chi connectivity index (χ4n) is 4.86. The average molecular weight is 555 g/mol. The maximum atomic E-state index is 13.5. The van der Waals surface area contributed by atoms with E-state index in [-0.39, 0.29) is 17.3 Å². The minimum atomic E-state index is -4.50. The van der Waals surface area contributed by atoms with Gasteiger partial charge in [-0.2, -0.15) is 13.2 Å². The fraction of sp³-hybridized carbons (Fsp3) is 0.310. The number of thioether (sulfide) groups is 1. The number of halogens is 3. The molecule has 0 radical (unpaired) electrons. The van der Waals surface area contributed by atoms with Crippen LogP contribution in [0.4, 0.5) is 24.5 Å².